The highest BCUT2D eigenvalue weighted by Gasteiger charge is 2.30. The molecule has 1 aliphatic rings. The Bertz CT molecular complexity index is 682. The zero-order chi connectivity index (χ0) is 15.7. The summed E-state index contributed by atoms with van der Waals surface area (Å²) >= 11 is 3.41. The van der Waals surface area contributed by atoms with Crippen molar-refractivity contribution in [2.45, 2.75) is 63.8 Å². The van der Waals surface area contributed by atoms with Crippen LogP contribution in [0, 0.1) is 0 Å². The monoisotopic (exact) mass is 337 g/mol. The molecule has 0 saturated heterocycles. The molecule has 0 spiro atoms. The van der Waals surface area contributed by atoms with E-state index in [4.69, 9.17) is 15.5 Å². The zero-order valence-electron chi connectivity index (χ0n) is 13.4. The molecule has 0 amide bonds. The summed E-state index contributed by atoms with van der Waals surface area (Å²) in [6.45, 7) is 7.11. The molecule has 4 nitrogen and oxygen atoms in total. The highest BCUT2D eigenvalue weighted by atomic mass is 32.2. The standard InChI is InChI=1S/C16H23N3OS2/c1-4-5-6-7-21-15-18-13(17)12-10-8-16(2,3)20-9-11(10)22-14(12)19-15/h4-9H2,1-3H3,(H2,17,18,19). The smallest absolute Gasteiger partial charge is 0.190 e. The topological polar surface area (TPSA) is 61.0 Å². The lowest BCUT2D eigenvalue weighted by Gasteiger charge is -2.30. The maximum atomic E-state index is 6.25. The Morgan fingerprint density at radius 2 is 2.14 bits per heavy atom. The average Bonchev–Trinajstić information content (AvgIpc) is 2.80. The van der Waals surface area contributed by atoms with E-state index >= 15 is 0 Å². The summed E-state index contributed by atoms with van der Waals surface area (Å²) in [6.07, 6.45) is 4.56. The number of aromatic nitrogens is 2. The Balaban J connectivity index is 1.89. The number of rotatable bonds is 5. The number of ether oxygens (including phenoxy) is 1. The molecule has 22 heavy (non-hydrogen) atoms. The second-order valence-electron chi connectivity index (χ2n) is 6.36. The molecule has 0 radical (unpaired) electrons. The number of nitrogens with zero attached hydrogens (tertiary/aromatic N) is 2. The summed E-state index contributed by atoms with van der Waals surface area (Å²) in [7, 11) is 0. The number of nitrogens with two attached hydrogens (primary N) is 1. The van der Waals surface area contributed by atoms with Crippen molar-refractivity contribution in [2.75, 3.05) is 11.5 Å². The number of fused-ring (bicyclic) bond motifs is 3. The molecule has 6 heteroatoms. The minimum Gasteiger partial charge on any atom is -0.383 e. The van der Waals surface area contributed by atoms with E-state index in [0.29, 0.717) is 12.4 Å². The van der Waals surface area contributed by atoms with E-state index in [2.05, 4.69) is 25.8 Å². The molecule has 0 aliphatic carbocycles. The second kappa shape index (κ2) is 6.34. The molecule has 0 fully saturated rings. The van der Waals surface area contributed by atoms with E-state index in [1.54, 1.807) is 23.1 Å². The van der Waals surface area contributed by atoms with Crippen LogP contribution in [0.1, 0.15) is 50.5 Å². The van der Waals surface area contributed by atoms with Crippen LogP contribution >= 0.6 is 23.1 Å². The first kappa shape index (κ1) is 16.0. The molecule has 2 N–H and O–H groups in total. The van der Waals surface area contributed by atoms with Crippen LogP contribution < -0.4 is 5.73 Å². The third kappa shape index (κ3) is 3.24. The highest BCUT2D eigenvalue weighted by Crippen LogP contribution is 2.40. The summed E-state index contributed by atoms with van der Waals surface area (Å²) in [5.74, 6) is 1.68. The van der Waals surface area contributed by atoms with Gasteiger partial charge in [-0.25, -0.2) is 9.97 Å². The Kier molecular flexibility index (Phi) is 4.61. The van der Waals surface area contributed by atoms with Crippen LogP contribution in [-0.2, 0) is 17.8 Å². The molecule has 0 unspecified atom stereocenters. The molecule has 3 rings (SSSR count). The summed E-state index contributed by atoms with van der Waals surface area (Å²) in [6, 6.07) is 0. The van der Waals surface area contributed by atoms with Crippen LogP contribution in [0.5, 0.6) is 0 Å². The highest BCUT2D eigenvalue weighted by molar-refractivity contribution is 7.99. The average molecular weight is 338 g/mol. The van der Waals surface area contributed by atoms with Crippen molar-refractivity contribution in [3.63, 3.8) is 0 Å². The van der Waals surface area contributed by atoms with E-state index in [1.165, 1.54) is 29.7 Å². The Hall–Kier alpha value is -0.850. The maximum Gasteiger partial charge on any atom is 0.190 e. The Morgan fingerprint density at radius 1 is 1.32 bits per heavy atom. The van der Waals surface area contributed by atoms with E-state index in [1.807, 2.05) is 0 Å². The molecular weight excluding hydrogens is 314 g/mol. The lowest BCUT2D eigenvalue weighted by atomic mass is 9.94. The molecule has 1 aliphatic heterocycles. The maximum absolute atomic E-state index is 6.25. The molecule has 0 atom stereocenters. The van der Waals surface area contributed by atoms with Gasteiger partial charge in [0.15, 0.2) is 5.16 Å². The van der Waals surface area contributed by atoms with Gasteiger partial charge in [-0.05, 0) is 25.8 Å². The van der Waals surface area contributed by atoms with Gasteiger partial charge in [-0.3, -0.25) is 0 Å². The number of unbranched alkanes of at least 4 members (excludes halogenated alkanes) is 2. The molecular formula is C16H23N3OS2. The van der Waals surface area contributed by atoms with Crippen LogP contribution in [0.4, 0.5) is 5.82 Å². The first-order valence-corrected chi connectivity index (χ1v) is 9.65. The van der Waals surface area contributed by atoms with Gasteiger partial charge in [0, 0.05) is 17.1 Å². The van der Waals surface area contributed by atoms with E-state index in [-0.39, 0.29) is 5.60 Å². The normalized spacial score (nSPS) is 16.9. The third-order valence-electron chi connectivity index (χ3n) is 3.92. The number of hydrogen-bond acceptors (Lipinski definition) is 6. The molecule has 2 aromatic rings. The summed E-state index contributed by atoms with van der Waals surface area (Å²) in [5.41, 5.74) is 7.40. The number of hydrogen-bond donors (Lipinski definition) is 1. The van der Waals surface area contributed by atoms with E-state index in [9.17, 15) is 0 Å². The fraction of sp³-hybridized carbons (Fsp3) is 0.625. The fourth-order valence-electron chi connectivity index (χ4n) is 2.73. The van der Waals surface area contributed by atoms with E-state index < -0.39 is 0 Å². The first-order chi connectivity index (χ1) is 10.5. The van der Waals surface area contributed by atoms with Crippen molar-refractivity contribution >= 4 is 39.1 Å². The van der Waals surface area contributed by atoms with Crippen molar-refractivity contribution < 1.29 is 4.74 Å². The predicted octanol–water partition coefficient (Wildman–Crippen LogP) is 4.41. The minimum absolute atomic E-state index is 0.138. The molecule has 0 bridgehead atoms. The Labute approximate surface area is 139 Å². The van der Waals surface area contributed by atoms with Gasteiger partial charge >= 0.3 is 0 Å². The Morgan fingerprint density at radius 3 is 2.91 bits per heavy atom. The second-order valence-corrected chi connectivity index (χ2v) is 8.50. The number of anilines is 1. The van der Waals surface area contributed by atoms with Crippen molar-refractivity contribution in [1.82, 2.24) is 9.97 Å². The van der Waals surface area contributed by atoms with Gasteiger partial charge in [-0.1, -0.05) is 31.5 Å². The van der Waals surface area contributed by atoms with Gasteiger partial charge < -0.3 is 10.5 Å². The summed E-state index contributed by atoms with van der Waals surface area (Å²) in [5, 5.41) is 1.86. The minimum atomic E-state index is -0.138. The number of thioether (sulfide) groups is 1. The van der Waals surface area contributed by atoms with Gasteiger partial charge in [0.1, 0.15) is 10.6 Å². The van der Waals surface area contributed by atoms with Gasteiger partial charge in [0.2, 0.25) is 0 Å². The molecule has 120 valence electrons. The molecule has 3 heterocycles. The SMILES string of the molecule is CCCCCSc1nc(N)c2c3c(sc2n1)COC(C)(C)C3. The van der Waals surface area contributed by atoms with Gasteiger partial charge in [0.05, 0.1) is 17.6 Å². The summed E-state index contributed by atoms with van der Waals surface area (Å²) in [4.78, 5) is 11.5. The van der Waals surface area contributed by atoms with Crippen LogP contribution in [0.15, 0.2) is 5.16 Å². The van der Waals surface area contributed by atoms with Gasteiger partial charge in [-0.15, -0.1) is 11.3 Å². The van der Waals surface area contributed by atoms with Gasteiger partial charge in [-0.2, -0.15) is 0 Å². The molecule has 2 aromatic heterocycles. The van der Waals surface area contributed by atoms with E-state index in [0.717, 1.165) is 27.5 Å². The van der Waals surface area contributed by atoms with Crippen molar-refractivity contribution in [2.24, 2.45) is 0 Å². The van der Waals surface area contributed by atoms with Crippen LogP contribution in [0.3, 0.4) is 0 Å². The lowest BCUT2D eigenvalue weighted by molar-refractivity contribution is -0.0379. The fourth-order valence-corrected chi connectivity index (χ4v) is 4.75. The van der Waals surface area contributed by atoms with Crippen molar-refractivity contribution in [3.8, 4) is 0 Å². The summed E-state index contributed by atoms with van der Waals surface area (Å²) < 4.78 is 5.90. The van der Waals surface area contributed by atoms with Crippen LogP contribution in [0.25, 0.3) is 10.2 Å². The van der Waals surface area contributed by atoms with Crippen molar-refractivity contribution in [3.05, 3.63) is 10.4 Å². The quantitative estimate of drug-likeness (QED) is 0.497. The third-order valence-corrected chi connectivity index (χ3v) is 5.95. The first-order valence-electron chi connectivity index (χ1n) is 7.84. The lowest BCUT2D eigenvalue weighted by Crippen LogP contribution is -2.31. The van der Waals surface area contributed by atoms with Crippen molar-refractivity contribution in [1.29, 1.82) is 0 Å². The van der Waals surface area contributed by atoms with Crippen LogP contribution in [0.2, 0.25) is 0 Å². The largest absolute Gasteiger partial charge is 0.383 e. The molecule has 0 saturated carbocycles. The van der Waals surface area contributed by atoms with Gasteiger partial charge in [0.25, 0.3) is 0 Å². The van der Waals surface area contributed by atoms with Crippen LogP contribution in [-0.4, -0.2) is 21.3 Å². The predicted molar refractivity (Wildman–Crippen MR) is 94.6 cm³/mol. The number of thiophene rings is 1. The molecule has 0 aromatic carbocycles. The zero-order valence-corrected chi connectivity index (χ0v) is 15.1. The number of nitrogen functional groups attached to an aromatic ring is 1.